The van der Waals surface area contributed by atoms with Crippen LogP contribution in [0.25, 0.3) is 27.8 Å². The molecule has 3 heterocycles. The van der Waals surface area contributed by atoms with Crippen LogP contribution in [-0.2, 0) is 0 Å². The summed E-state index contributed by atoms with van der Waals surface area (Å²) in [5.74, 6) is 0.493. The van der Waals surface area contributed by atoms with Gasteiger partial charge in [0.15, 0.2) is 11.4 Å². The molecule has 3 aromatic heterocycles. The number of nitrogens with one attached hydrogen (secondary N) is 3. The quantitative estimate of drug-likeness (QED) is 0.392. The lowest BCUT2D eigenvalue weighted by Gasteiger charge is -2.09. The van der Waals surface area contributed by atoms with E-state index in [4.69, 9.17) is 16.0 Å². The highest BCUT2D eigenvalue weighted by molar-refractivity contribution is 6.31. The molecule has 140 valence electrons. The Labute approximate surface area is 162 Å². The van der Waals surface area contributed by atoms with Gasteiger partial charge >= 0.3 is 5.69 Å². The smallest absolute Gasteiger partial charge is 0.348 e. The second-order valence-electron chi connectivity index (χ2n) is 6.12. The van der Waals surface area contributed by atoms with E-state index in [1.807, 2.05) is 24.3 Å². The molecule has 0 saturated heterocycles. The minimum Gasteiger partial charge on any atom is -0.424 e. The molecule has 0 unspecified atom stereocenters. The minimum atomic E-state index is -0.350. The van der Waals surface area contributed by atoms with Crippen LogP contribution in [0.4, 0.5) is 11.8 Å². The molecule has 0 bridgehead atoms. The van der Waals surface area contributed by atoms with E-state index in [1.54, 1.807) is 18.2 Å². The summed E-state index contributed by atoms with van der Waals surface area (Å²) in [6.45, 7) is 1.05. The summed E-state index contributed by atoms with van der Waals surface area (Å²) >= 11 is 6.06. The van der Waals surface area contributed by atoms with E-state index in [2.05, 4.69) is 30.8 Å². The molecular formula is C18H14ClN7O2. The van der Waals surface area contributed by atoms with Gasteiger partial charge in [-0.1, -0.05) is 23.7 Å². The monoisotopic (exact) mass is 395 g/mol. The Balaban J connectivity index is 1.37. The van der Waals surface area contributed by atoms with Gasteiger partial charge in [0, 0.05) is 18.1 Å². The summed E-state index contributed by atoms with van der Waals surface area (Å²) in [6, 6.07) is 13.2. The van der Waals surface area contributed by atoms with Crippen LogP contribution in [0.5, 0.6) is 0 Å². The van der Waals surface area contributed by atoms with Gasteiger partial charge in [-0.15, -0.1) is 5.10 Å². The number of halogens is 1. The average molecular weight is 396 g/mol. The molecule has 0 atom stereocenters. The molecule has 2 aromatic carbocycles. The van der Waals surface area contributed by atoms with Crippen molar-refractivity contribution in [1.29, 1.82) is 0 Å². The fourth-order valence-electron chi connectivity index (χ4n) is 3.04. The van der Waals surface area contributed by atoms with Crippen LogP contribution in [0.3, 0.4) is 0 Å². The van der Waals surface area contributed by atoms with Gasteiger partial charge in [0.05, 0.1) is 11.0 Å². The van der Waals surface area contributed by atoms with Crippen LogP contribution in [0, 0.1) is 0 Å². The molecule has 5 aromatic rings. The highest BCUT2D eigenvalue weighted by Crippen LogP contribution is 2.22. The minimum absolute atomic E-state index is 0.350. The van der Waals surface area contributed by atoms with Gasteiger partial charge in [0.2, 0.25) is 5.65 Å². The number of aromatic nitrogens is 5. The number of nitrogens with zero attached hydrogens (tertiary/aromatic N) is 4. The van der Waals surface area contributed by atoms with Crippen molar-refractivity contribution >= 4 is 51.2 Å². The largest absolute Gasteiger partial charge is 0.424 e. The van der Waals surface area contributed by atoms with E-state index in [0.717, 1.165) is 11.1 Å². The number of oxazole rings is 1. The molecule has 28 heavy (non-hydrogen) atoms. The summed E-state index contributed by atoms with van der Waals surface area (Å²) in [6.07, 6.45) is 0. The number of hydrogen-bond acceptors (Lipinski definition) is 7. The van der Waals surface area contributed by atoms with Gasteiger partial charge in [-0.25, -0.2) is 19.3 Å². The highest BCUT2D eigenvalue weighted by Gasteiger charge is 2.13. The maximum Gasteiger partial charge on any atom is 0.348 e. The van der Waals surface area contributed by atoms with Crippen LogP contribution in [0.2, 0.25) is 5.02 Å². The Morgan fingerprint density at radius 1 is 1.07 bits per heavy atom. The van der Waals surface area contributed by atoms with Crippen molar-refractivity contribution in [1.82, 2.24) is 24.6 Å². The lowest BCUT2D eigenvalue weighted by atomic mass is 10.3. The first kappa shape index (κ1) is 16.6. The van der Waals surface area contributed by atoms with Crippen molar-refractivity contribution < 1.29 is 4.42 Å². The molecule has 0 aliphatic heterocycles. The second kappa shape index (κ2) is 6.54. The van der Waals surface area contributed by atoms with E-state index in [0.29, 0.717) is 46.6 Å². The Bertz CT molecular complexity index is 1340. The fourth-order valence-corrected chi connectivity index (χ4v) is 3.20. The van der Waals surface area contributed by atoms with Gasteiger partial charge in [0.1, 0.15) is 5.52 Å². The van der Waals surface area contributed by atoms with E-state index >= 15 is 0 Å². The van der Waals surface area contributed by atoms with Crippen molar-refractivity contribution in [3.8, 4) is 0 Å². The van der Waals surface area contributed by atoms with Crippen molar-refractivity contribution in [2.24, 2.45) is 0 Å². The molecule has 0 aliphatic carbocycles. The SMILES string of the molecule is O=c1[nH]nc2c(NCCNc3nc4ccccc4o3)nc3ccc(Cl)cc3n12. The highest BCUT2D eigenvalue weighted by atomic mass is 35.5. The number of rotatable bonds is 5. The van der Waals surface area contributed by atoms with Gasteiger partial charge in [-0.05, 0) is 30.3 Å². The third-order valence-electron chi connectivity index (χ3n) is 4.28. The molecule has 0 radical (unpaired) electrons. The zero-order chi connectivity index (χ0) is 19.1. The Morgan fingerprint density at radius 2 is 1.93 bits per heavy atom. The van der Waals surface area contributed by atoms with Gasteiger partial charge in [-0.2, -0.15) is 4.98 Å². The number of para-hydroxylation sites is 2. The zero-order valence-corrected chi connectivity index (χ0v) is 15.2. The molecule has 0 fully saturated rings. The Kier molecular flexibility index (Phi) is 3.87. The van der Waals surface area contributed by atoms with Crippen molar-refractivity contribution in [2.45, 2.75) is 0 Å². The molecule has 5 rings (SSSR count). The van der Waals surface area contributed by atoms with Crippen molar-refractivity contribution in [2.75, 3.05) is 23.7 Å². The number of H-pyrrole nitrogens is 1. The molecular weight excluding hydrogens is 382 g/mol. The Morgan fingerprint density at radius 3 is 2.82 bits per heavy atom. The molecule has 0 spiro atoms. The lowest BCUT2D eigenvalue weighted by Crippen LogP contribution is -2.16. The molecule has 0 aliphatic rings. The zero-order valence-electron chi connectivity index (χ0n) is 14.4. The molecule has 0 saturated carbocycles. The maximum absolute atomic E-state index is 12.2. The van der Waals surface area contributed by atoms with Crippen LogP contribution < -0.4 is 16.3 Å². The number of hydrogen-bond donors (Lipinski definition) is 3. The van der Waals surface area contributed by atoms with Crippen LogP contribution in [0.1, 0.15) is 0 Å². The molecule has 0 amide bonds. The normalized spacial score (nSPS) is 11.5. The van der Waals surface area contributed by atoms with E-state index < -0.39 is 0 Å². The summed E-state index contributed by atoms with van der Waals surface area (Å²) < 4.78 is 7.07. The second-order valence-corrected chi connectivity index (χ2v) is 6.56. The molecule has 9 nitrogen and oxygen atoms in total. The van der Waals surface area contributed by atoms with Crippen LogP contribution in [0.15, 0.2) is 51.7 Å². The third kappa shape index (κ3) is 2.81. The number of anilines is 2. The standard InChI is InChI=1S/C18H14ClN7O2/c19-10-5-6-11-13(9-10)26-16(24-25-18(26)27)15(22-11)20-7-8-21-17-23-12-3-1-2-4-14(12)28-17/h1-6,9H,7-8H2,(H,20,22)(H,21,23)(H,25,27). The number of aromatic amines is 1. The predicted octanol–water partition coefficient (Wildman–Crippen LogP) is 2.89. The maximum atomic E-state index is 12.2. The first-order valence-electron chi connectivity index (χ1n) is 8.59. The van der Waals surface area contributed by atoms with Crippen LogP contribution >= 0.6 is 11.6 Å². The predicted molar refractivity (Wildman–Crippen MR) is 107 cm³/mol. The number of fused-ring (bicyclic) bond motifs is 4. The molecule has 3 N–H and O–H groups in total. The summed E-state index contributed by atoms with van der Waals surface area (Å²) in [5, 5.41) is 13.4. The van der Waals surface area contributed by atoms with Gasteiger partial charge in [0.25, 0.3) is 6.01 Å². The van der Waals surface area contributed by atoms with E-state index in [1.165, 1.54) is 4.40 Å². The lowest BCUT2D eigenvalue weighted by molar-refractivity contribution is 0.615. The van der Waals surface area contributed by atoms with Crippen molar-refractivity contribution in [3.05, 3.63) is 58.0 Å². The van der Waals surface area contributed by atoms with Gasteiger partial charge < -0.3 is 15.1 Å². The van der Waals surface area contributed by atoms with Gasteiger partial charge in [-0.3, -0.25) is 0 Å². The first-order valence-corrected chi connectivity index (χ1v) is 8.96. The topological polar surface area (TPSA) is 113 Å². The van der Waals surface area contributed by atoms with Crippen LogP contribution in [-0.4, -0.2) is 37.7 Å². The van der Waals surface area contributed by atoms with E-state index in [9.17, 15) is 4.79 Å². The third-order valence-corrected chi connectivity index (χ3v) is 4.52. The average Bonchev–Trinajstić information content (AvgIpc) is 3.29. The Hall–Kier alpha value is -3.59. The molecule has 10 heteroatoms. The van der Waals surface area contributed by atoms with Crippen molar-refractivity contribution in [3.63, 3.8) is 0 Å². The summed E-state index contributed by atoms with van der Waals surface area (Å²) in [5.41, 5.74) is 2.81. The summed E-state index contributed by atoms with van der Waals surface area (Å²) in [7, 11) is 0. The van der Waals surface area contributed by atoms with E-state index in [-0.39, 0.29) is 5.69 Å². The summed E-state index contributed by atoms with van der Waals surface area (Å²) in [4.78, 5) is 21.1. The first-order chi connectivity index (χ1) is 13.7. The number of benzene rings is 2. The fraction of sp³-hybridized carbons (Fsp3) is 0.111.